The highest BCUT2D eigenvalue weighted by Crippen LogP contribution is 2.25. The Balaban J connectivity index is 1.54. The Morgan fingerprint density at radius 3 is 2.82 bits per heavy atom. The number of carbonyl (C=O) groups is 1. The van der Waals surface area contributed by atoms with Crippen molar-refractivity contribution >= 4 is 11.7 Å². The smallest absolute Gasteiger partial charge is 0.344 e. The number of nitrogens with zero attached hydrogens (tertiary/aromatic N) is 3. The van der Waals surface area contributed by atoms with Crippen LogP contribution in [0, 0.1) is 10.1 Å². The lowest BCUT2D eigenvalue weighted by molar-refractivity contribution is -0.385. The van der Waals surface area contributed by atoms with E-state index in [4.69, 9.17) is 18.7 Å². The zero-order valence-corrected chi connectivity index (χ0v) is 14.7. The summed E-state index contributed by atoms with van der Waals surface area (Å²) in [7, 11) is 1.55. The topological polar surface area (TPSA) is 127 Å². The largest absolute Gasteiger partial charge is 0.497 e. The van der Waals surface area contributed by atoms with Gasteiger partial charge in [0.1, 0.15) is 5.75 Å². The monoisotopic (exact) mass is 385 g/mol. The Morgan fingerprint density at radius 1 is 1.21 bits per heavy atom. The fourth-order valence-corrected chi connectivity index (χ4v) is 2.24. The summed E-state index contributed by atoms with van der Waals surface area (Å²) >= 11 is 0. The summed E-state index contributed by atoms with van der Waals surface area (Å²) < 4.78 is 20.3. The molecule has 0 bridgehead atoms. The van der Waals surface area contributed by atoms with Crippen LogP contribution in [0.2, 0.25) is 0 Å². The van der Waals surface area contributed by atoms with Gasteiger partial charge in [0.25, 0.3) is 5.89 Å². The van der Waals surface area contributed by atoms with Crippen LogP contribution in [0.5, 0.6) is 11.5 Å². The maximum absolute atomic E-state index is 11.8. The first-order valence-corrected chi connectivity index (χ1v) is 8.05. The molecule has 0 N–H and O–H groups in total. The van der Waals surface area contributed by atoms with E-state index in [2.05, 4.69) is 10.1 Å². The van der Waals surface area contributed by atoms with Gasteiger partial charge in [-0.25, -0.2) is 4.79 Å². The Hall–Kier alpha value is -3.95. The number of methoxy groups -OCH3 is 1. The number of nitro groups is 1. The van der Waals surface area contributed by atoms with Gasteiger partial charge in [-0.15, -0.1) is 0 Å². The molecule has 0 aliphatic rings. The Kier molecular flexibility index (Phi) is 5.80. The number of nitro benzene ring substituents is 1. The van der Waals surface area contributed by atoms with Crippen molar-refractivity contribution in [3.05, 3.63) is 64.5 Å². The highest BCUT2D eigenvalue weighted by molar-refractivity contribution is 5.71. The van der Waals surface area contributed by atoms with Crippen molar-refractivity contribution in [3.8, 4) is 22.9 Å². The van der Waals surface area contributed by atoms with Crippen LogP contribution < -0.4 is 9.47 Å². The number of rotatable bonds is 8. The Labute approximate surface area is 158 Å². The van der Waals surface area contributed by atoms with Crippen molar-refractivity contribution in [2.75, 3.05) is 13.7 Å². The van der Waals surface area contributed by atoms with Crippen molar-refractivity contribution in [1.29, 1.82) is 0 Å². The first kappa shape index (κ1) is 18.8. The van der Waals surface area contributed by atoms with Gasteiger partial charge >= 0.3 is 11.7 Å². The van der Waals surface area contributed by atoms with E-state index in [1.807, 2.05) is 0 Å². The van der Waals surface area contributed by atoms with Crippen LogP contribution in [-0.4, -0.2) is 34.7 Å². The molecule has 3 rings (SSSR count). The van der Waals surface area contributed by atoms with Crippen molar-refractivity contribution in [2.45, 2.75) is 6.61 Å². The van der Waals surface area contributed by atoms with Gasteiger partial charge in [-0.1, -0.05) is 29.4 Å². The highest BCUT2D eigenvalue weighted by Gasteiger charge is 2.16. The quantitative estimate of drug-likeness (QED) is 0.327. The summed E-state index contributed by atoms with van der Waals surface area (Å²) in [5, 5.41) is 14.7. The van der Waals surface area contributed by atoms with Gasteiger partial charge in [-0.2, -0.15) is 4.98 Å². The van der Waals surface area contributed by atoms with Gasteiger partial charge < -0.3 is 18.7 Å². The molecular weight excluding hydrogens is 370 g/mol. The molecule has 144 valence electrons. The maximum atomic E-state index is 11.8. The third kappa shape index (κ3) is 4.61. The van der Waals surface area contributed by atoms with Crippen molar-refractivity contribution < 1.29 is 28.5 Å². The van der Waals surface area contributed by atoms with Crippen molar-refractivity contribution in [2.24, 2.45) is 0 Å². The highest BCUT2D eigenvalue weighted by atomic mass is 16.6. The first-order chi connectivity index (χ1) is 13.6. The summed E-state index contributed by atoms with van der Waals surface area (Å²) in [6, 6.07) is 12.8. The first-order valence-electron chi connectivity index (χ1n) is 8.05. The molecule has 10 nitrogen and oxygen atoms in total. The minimum atomic E-state index is -0.737. The van der Waals surface area contributed by atoms with E-state index in [1.54, 1.807) is 37.4 Å². The molecule has 0 saturated heterocycles. The molecule has 2 aromatic carbocycles. The number of ether oxygens (including phenoxy) is 3. The van der Waals surface area contributed by atoms with Crippen LogP contribution in [-0.2, 0) is 16.1 Å². The Morgan fingerprint density at radius 2 is 2.04 bits per heavy atom. The van der Waals surface area contributed by atoms with Crippen LogP contribution in [0.1, 0.15) is 5.89 Å². The van der Waals surface area contributed by atoms with E-state index in [0.29, 0.717) is 17.1 Å². The van der Waals surface area contributed by atoms with Crippen molar-refractivity contribution in [3.63, 3.8) is 0 Å². The number of para-hydroxylation sites is 2. The van der Waals surface area contributed by atoms with Crippen LogP contribution in [0.3, 0.4) is 0 Å². The lowest BCUT2D eigenvalue weighted by atomic mass is 10.2. The predicted molar refractivity (Wildman–Crippen MR) is 94.7 cm³/mol. The summed E-state index contributed by atoms with van der Waals surface area (Å²) in [5.74, 6) is 0.294. The molecule has 0 spiro atoms. The van der Waals surface area contributed by atoms with Crippen LogP contribution in [0.25, 0.3) is 11.4 Å². The molecule has 0 aliphatic heterocycles. The summed E-state index contributed by atoms with van der Waals surface area (Å²) in [4.78, 5) is 26.3. The zero-order valence-electron chi connectivity index (χ0n) is 14.7. The summed E-state index contributed by atoms with van der Waals surface area (Å²) in [5.41, 5.74) is 0.440. The average Bonchev–Trinajstić information content (AvgIpc) is 3.20. The van der Waals surface area contributed by atoms with E-state index in [9.17, 15) is 14.9 Å². The van der Waals surface area contributed by atoms with E-state index in [1.165, 1.54) is 18.2 Å². The molecule has 0 amide bonds. The number of hydrogen-bond acceptors (Lipinski definition) is 9. The Bertz CT molecular complexity index is 987. The molecule has 28 heavy (non-hydrogen) atoms. The van der Waals surface area contributed by atoms with Crippen molar-refractivity contribution in [1.82, 2.24) is 10.1 Å². The molecular formula is C18H15N3O7. The van der Waals surface area contributed by atoms with Gasteiger partial charge in [0.2, 0.25) is 5.82 Å². The van der Waals surface area contributed by atoms with Gasteiger partial charge in [0.15, 0.2) is 19.0 Å². The zero-order chi connectivity index (χ0) is 19.9. The number of esters is 1. The van der Waals surface area contributed by atoms with Crippen LogP contribution in [0.15, 0.2) is 53.1 Å². The second-order valence-corrected chi connectivity index (χ2v) is 5.42. The fraction of sp³-hybridized carbons (Fsp3) is 0.167. The molecule has 3 aromatic rings. The maximum Gasteiger partial charge on any atom is 0.344 e. The third-order valence-electron chi connectivity index (χ3n) is 3.56. The molecule has 0 saturated carbocycles. The molecule has 0 atom stereocenters. The number of carbonyl (C=O) groups excluding carboxylic acids is 1. The number of hydrogen-bond donors (Lipinski definition) is 0. The lowest BCUT2D eigenvalue weighted by Gasteiger charge is -2.05. The normalized spacial score (nSPS) is 10.3. The van der Waals surface area contributed by atoms with Gasteiger partial charge in [-0.05, 0) is 18.2 Å². The molecule has 10 heteroatoms. The third-order valence-corrected chi connectivity index (χ3v) is 3.56. The molecule has 0 fully saturated rings. The standard InChI is InChI=1S/C18H15N3O7/c1-25-13-6-4-5-12(9-13)18-19-16(28-20-18)10-27-17(22)11-26-15-8-3-2-7-14(15)21(23)24/h2-9H,10-11H2,1H3. The van der Waals surface area contributed by atoms with E-state index in [0.717, 1.165) is 0 Å². The summed E-state index contributed by atoms with van der Waals surface area (Å²) in [6.45, 7) is -0.752. The van der Waals surface area contributed by atoms with E-state index < -0.39 is 17.5 Å². The number of aromatic nitrogens is 2. The lowest BCUT2D eigenvalue weighted by Crippen LogP contribution is -2.15. The molecule has 0 aliphatic carbocycles. The minimum Gasteiger partial charge on any atom is -0.497 e. The van der Waals surface area contributed by atoms with Gasteiger partial charge in [0, 0.05) is 11.6 Å². The van der Waals surface area contributed by atoms with Crippen LogP contribution >= 0.6 is 0 Å². The van der Waals surface area contributed by atoms with Crippen LogP contribution in [0.4, 0.5) is 5.69 Å². The average molecular weight is 385 g/mol. The number of benzene rings is 2. The minimum absolute atomic E-state index is 0.0254. The fourth-order valence-electron chi connectivity index (χ4n) is 2.24. The molecule has 0 radical (unpaired) electrons. The van der Waals surface area contributed by atoms with E-state index in [-0.39, 0.29) is 23.9 Å². The summed E-state index contributed by atoms with van der Waals surface area (Å²) in [6.07, 6.45) is 0. The van der Waals surface area contributed by atoms with Gasteiger partial charge in [0.05, 0.1) is 12.0 Å². The van der Waals surface area contributed by atoms with E-state index >= 15 is 0 Å². The molecule has 0 unspecified atom stereocenters. The van der Waals surface area contributed by atoms with Gasteiger partial charge in [-0.3, -0.25) is 10.1 Å². The molecule has 1 heterocycles. The second-order valence-electron chi connectivity index (χ2n) is 5.42. The SMILES string of the molecule is COc1cccc(-c2noc(COC(=O)COc3ccccc3[N+](=O)[O-])n2)c1. The molecule has 1 aromatic heterocycles. The predicted octanol–water partition coefficient (Wildman–Crippen LogP) is 2.78. The second kappa shape index (κ2) is 8.62.